The minimum Gasteiger partial charge on any atom is -0.368 e. The fraction of sp³-hybridized carbons (Fsp3) is 0.450. The molecule has 4 amide bonds. The molecule has 0 aromatic heterocycles. The predicted molar refractivity (Wildman–Crippen MR) is 112 cm³/mol. The Morgan fingerprint density at radius 1 is 1.10 bits per heavy atom. The summed E-state index contributed by atoms with van der Waals surface area (Å²) < 4.78 is 3.03. The van der Waals surface area contributed by atoms with E-state index in [4.69, 9.17) is 0 Å². The molecule has 29 heavy (non-hydrogen) atoms. The molecular formula is C20H25N5O3S. The van der Waals surface area contributed by atoms with Crippen LogP contribution < -0.4 is 9.62 Å². The van der Waals surface area contributed by atoms with E-state index in [1.54, 1.807) is 10.3 Å². The topological polar surface area (TPSA) is 76.2 Å². The summed E-state index contributed by atoms with van der Waals surface area (Å²) in [5.41, 5.74) is 1.73. The third-order valence-electron chi connectivity index (χ3n) is 5.44. The van der Waals surface area contributed by atoms with E-state index in [1.165, 1.54) is 21.7 Å². The molecule has 2 fully saturated rings. The highest BCUT2D eigenvalue weighted by molar-refractivity contribution is 8.00. The molecule has 1 aromatic rings. The van der Waals surface area contributed by atoms with Crippen LogP contribution in [0.1, 0.15) is 13.3 Å². The second kappa shape index (κ2) is 8.46. The molecule has 3 aliphatic heterocycles. The summed E-state index contributed by atoms with van der Waals surface area (Å²) in [6.07, 6.45) is 0.680. The Morgan fingerprint density at radius 2 is 1.83 bits per heavy atom. The number of hydrogen-bond donors (Lipinski definition) is 1. The number of imide groups is 1. The number of urea groups is 1. The van der Waals surface area contributed by atoms with Crippen LogP contribution in [0.15, 0.2) is 41.4 Å². The molecule has 0 aliphatic carbocycles. The van der Waals surface area contributed by atoms with Crippen molar-refractivity contribution >= 4 is 35.5 Å². The second-order valence-electron chi connectivity index (χ2n) is 7.27. The number of amides is 4. The van der Waals surface area contributed by atoms with Gasteiger partial charge < -0.3 is 9.80 Å². The Hall–Kier alpha value is -2.52. The summed E-state index contributed by atoms with van der Waals surface area (Å²) in [6, 6.07) is 9.18. The molecule has 2 saturated heterocycles. The zero-order chi connectivity index (χ0) is 20.4. The van der Waals surface area contributed by atoms with E-state index < -0.39 is 12.1 Å². The van der Waals surface area contributed by atoms with E-state index in [1.807, 2.05) is 25.1 Å². The summed E-state index contributed by atoms with van der Waals surface area (Å²) in [5, 5.41) is 1.75. The van der Waals surface area contributed by atoms with E-state index >= 15 is 0 Å². The number of rotatable bonds is 5. The van der Waals surface area contributed by atoms with Crippen LogP contribution in [0, 0.1) is 0 Å². The molecule has 0 saturated carbocycles. The molecule has 0 bridgehead atoms. The predicted octanol–water partition coefficient (Wildman–Crippen LogP) is 1.47. The number of piperazine rings is 1. The van der Waals surface area contributed by atoms with Gasteiger partial charge in [-0.1, -0.05) is 37.1 Å². The number of carbonyl (C=O) groups is 3. The molecule has 0 spiro atoms. The fourth-order valence-electron chi connectivity index (χ4n) is 3.87. The number of anilines is 1. The lowest BCUT2D eigenvalue weighted by Crippen LogP contribution is -2.61. The van der Waals surface area contributed by atoms with Gasteiger partial charge in [0.2, 0.25) is 5.91 Å². The highest BCUT2D eigenvalue weighted by Gasteiger charge is 2.45. The fourth-order valence-corrected chi connectivity index (χ4v) is 4.68. The lowest BCUT2D eigenvalue weighted by atomic mass is 10.1. The molecule has 1 atom stereocenters. The van der Waals surface area contributed by atoms with Crippen molar-refractivity contribution in [1.82, 2.24) is 19.4 Å². The van der Waals surface area contributed by atoms with Crippen LogP contribution in [0.5, 0.6) is 0 Å². The van der Waals surface area contributed by atoms with Crippen LogP contribution in [-0.2, 0) is 9.59 Å². The molecule has 3 aliphatic rings. The van der Waals surface area contributed by atoms with E-state index in [-0.39, 0.29) is 18.4 Å². The molecule has 4 rings (SSSR count). The zero-order valence-electron chi connectivity index (χ0n) is 16.4. The molecular weight excluding hydrogens is 390 g/mol. The largest absolute Gasteiger partial charge is 0.368 e. The summed E-state index contributed by atoms with van der Waals surface area (Å²) in [7, 11) is 0. The standard InChI is InChI=1S/C20H25N5O3S/c1-2-8-24-19(27)18-16(14-29-21-18)25(20(24)28)13-17(26)23-11-9-22(10-12-23)15-6-4-3-5-7-15/h3-7,14,18,21H,2,8-13H2,1H3. The van der Waals surface area contributed by atoms with Crippen LogP contribution in [0.3, 0.4) is 0 Å². The molecule has 0 radical (unpaired) electrons. The van der Waals surface area contributed by atoms with Crippen molar-refractivity contribution in [3.05, 3.63) is 41.4 Å². The maximum atomic E-state index is 12.9. The Labute approximate surface area is 174 Å². The Morgan fingerprint density at radius 3 is 2.52 bits per heavy atom. The molecule has 8 nitrogen and oxygen atoms in total. The highest BCUT2D eigenvalue weighted by Crippen LogP contribution is 2.29. The van der Waals surface area contributed by atoms with Crippen LogP contribution in [-0.4, -0.2) is 77.9 Å². The van der Waals surface area contributed by atoms with Gasteiger partial charge in [0, 0.05) is 43.8 Å². The van der Waals surface area contributed by atoms with Crippen molar-refractivity contribution in [2.45, 2.75) is 19.4 Å². The van der Waals surface area contributed by atoms with Gasteiger partial charge in [-0.25, -0.2) is 9.52 Å². The zero-order valence-corrected chi connectivity index (χ0v) is 17.2. The lowest BCUT2D eigenvalue weighted by Gasteiger charge is -2.40. The summed E-state index contributed by atoms with van der Waals surface area (Å²) in [4.78, 5) is 45.2. The van der Waals surface area contributed by atoms with Crippen LogP contribution >= 0.6 is 11.9 Å². The van der Waals surface area contributed by atoms with Crippen LogP contribution in [0.4, 0.5) is 10.5 Å². The van der Waals surface area contributed by atoms with E-state index in [0.717, 1.165) is 18.8 Å². The number of hydrogen-bond acceptors (Lipinski definition) is 6. The van der Waals surface area contributed by atoms with Crippen molar-refractivity contribution in [2.75, 3.05) is 44.2 Å². The number of benzene rings is 1. The Bertz CT molecular complexity index is 823. The van der Waals surface area contributed by atoms with Crippen molar-refractivity contribution < 1.29 is 14.4 Å². The third-order valence-corrected chi connectivity index (χ3v) is 6.17. The van der Waals surface area contributed by atoms with Crippen LogP contribution in [0.2, 0.25) is 0 Å². The number of carbonyl (C=O) groups excluding carboxylic acids is 3. The molecule has 3 heterocycles. The van der Waals surface area contributed by atoms with Gasteiger partial charge in [0.25, 0.3) is 5.91 Å². The maximum Gasteiger partial charge on any atom is 0.331 e. The molecule has 1 aromatic carbocycles. The van der Waals surface area contributed by atoms with Gasteiger partial charge >= 0.3 is 6.03 Å². The van der Waals surface area contributed by atoms with Gasteiger partial charge in [-0.15, -0.1) is 0 Å². The first kappa shape index (κ1) is 19.8. The summed E-state index contributed by atoms with van der Waals surface area (Å²) >= 11 is 1.28. The Kier molecular flexibility index (Phi) is 5.77. The minimum atomic E-state index is -0.563. The average molecular weight is 416 g/mol. The monoisotopic (exact) mass is 415 g/mol. The van der Waals surface area contributed by atoms with E-state index in [0.29, 0.717) is 31.8 Å². The van der Waals surface area contributed by atoms with Gasteiger partial charge in [-0.3, -0.25) is 19.4 Å². The number of nitrogens with zero attached hydrogens (tertiary/aromatic N) is 4. The normalized spacial score (nSPS) is 22.1. The van der Waals surface area contributed by atoms with Gasteiger partial charge in [-0.2, -0.15) is 0 Å². The van der Waals surface area contributed by atoms with Gasteiger partial charge in [0.05, 0.1) is 5.70 Å². The molecule has 154 valence electrons. The van der Waals surface area contributed by atoms with Gasteiger partial charge in [0.15, 0.2) is 0 Å². The van der Waals surface area contributed by atoms with Crippen molar-refractivity contribution in [1.29, 1.82) is 0 Å². The lowest BCUT2D eigenvalue weighted by molar-refractivity contribution is -0.135. The number of fused-ring (bicyclic) bond motifs is 1. The first-order valence-corrected chi connectivity index (χ1v) is 10.8. The number of nitrogens with one attached hydrogen (secondary N) is 1. The van der Waals surface area contributed by atoms with Crippen LogP contribution in [0.25, 0.3) is 0 Å². The maximum absolute atomic E-state index is 12.9. The summed E-state index contributed by atoms with van der Waals surface area (Å²) in [6.45, 7) is 4.98. The molecule has 9 heteroatoms. The van der Waals surface area contributed by atoms with E-state index in [2.05, 4.69) is 21.8 Å². The van der Waals surface area contributed by atoms with Gasteiger partial charge in [-0.05, 0) is 18.6 Å². The van der Waals surface area contributed by atoms with Crippen molar-refractivity contribution in [3.63, 3.8) is 0 Å². The average Bonchev–Trinajstić information content (AvgIpc) is 3.25. The Balaban J connectivity index is 1.41. The first-order chi connectivity index (χ1) is 14.1. The first-order valence-electron chi connectivity index (χ1n) is 9.92. The highest BCUT2D eigenvalue weighted by atomic mass is 32.2. The van der Waals surface area contributed by atoms with Crippen molar-refractivity contribution in [2.24, 2.45) is 0 Å². The third kappa shape index (κ3) is 3.84. The number of para-hydroxylation sites is 1. The second-order valence-corrected chi connectivity index (χ2v) is 7.98. The van der Waals surface area contributed by atoms with E-state index in [9.17, 15) is 14.4 Å². The van der Waals surface area contributed by atoms with Crippen molar-refractivity contribution in [3.8, 4) is 0 Å². The quantitative estimate of drug-likeness (QED) is 0.734. The summed E-state index contributed by atoms with van der Waals surface area (Å²) in [5.74, 6) is -0.332. The molecule has 1 unspecified atom stereocenters. The van der Waals surface area contributed by atoms with Gasteiger partial charge in [0.1, 0.15) is 12.6 Å². The molecule has 1 N–H and O–H groups in total. The smallest absolute Gasteiger partial charge is 0.331 e. The SMILES string of the molecule is CCCN1C(=O)C2NSC=C2N(CC(=O)N2CCN(c3ccccc3)CC2)C1=O. The minimum absolute atomic E-state index is 0.0394.